The van der Waals surface area contributed by atoms with Gasteiger partial charge >= 0.3 is 0 Å². The van der Waals surface area contributed by atoms with Crippen LogP contribution in [0.4, 0.5) is 8.78 Å². The zero-order chi connectivity index (χ0) is 38.2. The maximum Gasteiger partial charge on any atom is 0.168 e. The van der Waals surface area contributed by atoms with Crippen LogP contribution in [0.15, 0.2) is 109 Å². The first kappa shape index (κ1) is 34.7. The van der Waals surface area contributed by atoms with Gasteiger partial charge in [-0.1, -0.05) is 88.9 Å². The first-order valence-corrected chi connectivity index (χ1v) is 19.1. The van der Waals surface area contributed by atoms with E-state index in [1.165, 1.54) is 6.07 Å². The van der Waals surface area contributed by atoms with E-state index in [1.54, 1.807) is 30.3 Å². The first-order chi connectivity index (χ1) is 27.2. The summed E-state index contributed by atoms with van der Waals surface area (Å²) in [7, 11) is 0. The fraction of sp³-hybridized carbons (Fsp3) is 0. The van der Waals surface area contributed by atoms with Crippen LogP contribution in [0.3, 0.4) is 0 Å². The molecule has 2 N–H and O–H groups in total. The first-order valence-electron chi connectivity index (χ1n) is 17.5. The summed E-state index contributed by atoms with van der Waals surface area (Å²) in [6, 6.07) is 32.7. The molecule has 0 unspecified atom stereocenters. The highest BCUT2D eigenvalue weighted by Gasteiger charge is 2.27. The van der Waals surface area contributed by atoms with Gasteiger partial charge in [-0.25, -0.2) is 18.7 Å². The summed E-state index contributed by atoms with van der Waals surface area (Å²) < 4.78 is 33.1. The number of nitrogens with zero attached hydrogens (tertiary/aromatic N) is 2. The predicted molar refractivity (Wildman–Crippen MR) is 230 cm³/mol. The topological polar surface area (TPSA) is 57.4 Å². The Morgan fingerprint density at radius 3 is 1.34 bits per heavy atom. The average Bonchev–Trinajstić information content (AvgIpc) is 4.03. The molecule has 10 heteroatoms. The molecule has 1 aliphatic carbocycles. The van der Waals surface area contributed by atoms with Gasteiger partial charge in [-0.3, -0.25) is 0 Å². The van der Waals surface area contributed by atoms with Crippen molar-refractivity contribution in [1.82, 2.24) is 19.9 Å². The molecule has 3 aliphatic rings. The largest absolute Gasteiger partial charge is 0.354 e. The van der Waals surface area contributed by atoms with Gasteiger partial charge in [0.25, 0.3) is 0 Å². The van der Waals surface area contributed by atoms with E-state index in [-0.39, 0.29) is 16.1 Å². The van der Waals surface area contributed by atoms with Crippen LogP contribution in [-0.2, 0) is 0 Å². The van der Waals surface area contributed by atoms with Gasteiger partial charge in [-0.05, 0) is 113 Å². The van der Waals surface area contributed by atoms with Crippen LogP contribution in [0.25, 0.3) is 103 Å². The van der Waals surface area contributed by atoms with E-state index in [0.717, 1.165) is 33.3 Å². The quantitative estimate of drug-likeness (QED) is 0.187. The highest BCUT2D eigenvalue weighted by atomic mass is 35.5. The second kappa shape index (κ2) is 13.5. The Morgan fingerprint density at radius 2 is 0.804 bits per heavy atom. The molecule has 7 aromatic rings. The zero-order valence-corrected chi connectivity index (χ0v) is 31.9. The van der Waals surface area contributed by atoms with Crippen LogP contribution in [-0.4, -0.2) is 19.9 Å². The van der Waals surface area contributed by atoms with Crippen LogP contribution in [0, 0.1) is 0 Å². The van der Waals surface area contributed by atoms with E-state index in [9.17, 15) is 0 Å². The molecule has 4 aromatic carbocycles. The second-order valence-electron chi connectivity index (χ2n) is 13.5. The van der Waals surface area contributed by atoms with Gasteiger partial charge in [0, 0.05) is 70.0 Å². The van der Waals surface area contributed by atoms with E-state index in [1.807, 2.05) is 97.1 Å². The molecule has 2 aliphatic heterocycles. The molecule has 270 valence electrons. The predicted octanol–water partition coefficient (Wildman–Crippen LogP) is 15.0. The lowest BCUT2D eigenvalue weighted by molar-refractivity contribution is 0.702. The van der Waals surface area contributed by atoms with E-state index in [0.29, 0.717) is 71.1 Å². The summed E-state index contributed by atoms with van der Waals surface area (Å²) in [5.74, 6) is -2.03. The van der Waals surface area contributed by atoms with Gasteiger partial charge in [0.15, 0.2) is 11.7 Å². The number of aromatic nitrogens is 4. The third-order valence-corrected chi connectivity index (χ3v) is 11.2. The Labute approximate surface area is 339 Å². The fourth-order valence-corrected chi connectivity index (χ4v) is 8.20. The van der Waals surface area contributed by atoms with E-state index in [4.69, 9.17) is 56.4 Å². The van der Waals surface area contributed by atoms with Crippen LogP contribution < -0.4 is 0 Å². The van der Waals surface area contributed by atoms with Crippen LogP contribution >= 0.6 is 46.4 Å². The highest BCUT2D eigenvalue weighted by Crippen LogP contribution is 2.47. The molecule has 0 spiro atoms. The number of rotatable bonds is 3. The zero-order valence-electron chi connectivity index (χ0n) is 28.9. The van der Waals surface area contributed by atoms with Crippen molar-refractivity contribution < 1.29 is 8.78 Å². The third kappa shape index (κ3) is 5.80. The SMILES string of the molecule is FC1=C(F)c2cc3[nH]c2c(c2ccc([nH]2)c(-c2ccc(Cl)cc2)c2nc(c(-c4ccc(Cl)cc4)c4nc(c3-c3ccc(Cl)cc3)C=C4)C=C2)-c2ccc(Cl)cc21. The maximum absolute atomic E-state index is 16.7. The standard InChI is InChI=1S/C46H24Cl4F2N4/c47-26-7-1-23(2-8-26)40-33-15-16-34(53-33)41(24-3-9-27(48)10-4-24)36-19-20-38(55-36)43-30-14-13-29(50)21-31(30)44(51)45(52)32-22-39(56-46(32)43)42(37-18-17-35(40)54-37)25-5-11-28(49)12-6-25/h1-22,55-56H. The number of benzene rings is 4. The van der Waals surface area contributed by atoms with E-state index < -0.39 is 11.7 Å². The lowest BCUT2D eigenvalue weighted by Crippen LogP contribution is -1.91. The fourth-order valence-electron chi connectivity index (χ4n) is 7.65. The summed E-state index contributed by atoms with van der Waals surface area (Å²) in [4.78, 5) is 17.6. The van der Waals surface area contributed by atoms with Gasteiger partial charge in [0.1, 0.15) is 0 Å². The Kier molecular flexibility index (Phi) is 8.35. The lowest BCUT2D eigenvalue weighted by atomic mass is 10.00. The molecule has 4 nitrogen and oxygen atoms in total. The van der Waals surface area contributed by atoms with Crippen molar-refractivity contribution in [3.8, 4) is 44.5 Å². The molecule has 10 rings (SSSR count). The van der Waals surface area contributed by atoms with Crippen LogP contribution in [0.5, 0.6) is 0 Å². The summed E-state index contributed by atoms with van der Waals surface area (Å²) >= 11 is 25.5. The summed E-state index contributed by atoms with van der Waals surface area (Å²) in [5, 5.41) is 2.02. The highest BCUT2D eigenvalue weighted by molar-refractivity contribution is 6.32. The number of nitrogens with one attached hydrogen (secondary N) is 2. The van der Waals surface area contributed by atoms with Crippen LogP contribution in [0.1, 0.15) is 33.9 Å². The van der Waals surface area contributed by atoms with Crippen molar-refractivity contribution in [2.75, 3.05) is 0 Å². The number of hydrogen-bond acceptors (Lipinski definition) is 2. The summed E-state index contributed by atoms with van der Waals surface area (Å²) in [6.45, 7) is 0. The third-order valence-electron chi connectivity index (χ3n) is 10.2. The molecule has 0 atom stereocenters. The minimum Gasteiger partial charge on any atom is -0.354 e. The number of hydrogen-bond donors (Lipinski definition) is 2. The number of aromatic amines is 2. The molecular weight excluding hydrogens is 788 g/mol. The van der Waals surface area contributed by atoms with Gasteiger partial charge in [-0.2, -0.15) is 0 Å². The molecule has 8 bridgehead atoms. The number of halogens is 6. The molecule has 0 amide bonds. The van der Waals surface area contributed by atoms with Crippen molar-refractivity contribution in [3.05, 3.63) is 163 Å². The minimum atomic E-state index is -1.02. The second-order valence-corrected chi connectivity index (χ2v) is 15.3. The number of H-pyrrole nitrogens is 2. The number of fused-ring (bicyclic) bond motifs is 10. The van der Waals surface area contributed by atoms with Crippen molar-refractivity contribution >= 4 is 104 Å². The van der Waals surface area contributed by atoms with Crippen molar-refractivity contribution in [1.29, 1.82) is 0 Å². The summed E-state index contributed by atoms with van der Waals surface area (Å²) in [5.41, 5.74) is 10.7. The molecule has 56 heavy (non-hydrogen) atoms. The molecule has 0 fully saturated rings. The monoisotopic (exact) mass is 810 g/mol. The molecule has 0 saturated carbocycles. The molecular formula is C46H24Cl4F2N4. The van der Waals surface area contributed by atoms with Crippen molar-refractivity contribution in [2.24, 2.45) is 0 Å². The molecule has 0 radical (unpaired) electrons. The smallest absolute Gasteiger partial charge is 0.168 e. The van der Waals surface area contributed by atoms with Gasteiger partial charge in [0.05, 0.1) is 28.3 Å². The van der Waals surface area contributed by atoms with E-state index >= 15 is 8.78 Å². The molecule has 5 heterocycles. The van der Waals surface area contributed by atoms with E-state index in [2.05, 4.69) is 9.97 Å². The molecule has 0 saturated heterocycles. The van der Waals surface area contributed by atoms with Gasteiger partial charge < -0.3 is 9.97 Å². The van der Waals surface area contributed by atoms with Crippen LogP contribution in [0.2, 0.25) is 20.1 Å². The lowest BCUT2D eigenvalue weighted by Gasteiger charge is -2.09. The Morgan fingerprint density at radius 1 is 0.375 bits per heavy atom. The van der Waals surface area contributed by atoms with Crippen molar-refractivity contribution in [3.63, 3.8) is 0 Å². The normalized spacial score (nSPS) is 13.0. The summed E-state index contributed by atoms with van der Waals surface area (Å²) in [6.07, 6.45) is 7.81. The van der Waals surface area contributed by atoms with Crippen molar-refractivity contribution in [2.45, 2.75) is 0 Å². The molecule has 3 aromatic heterocycles. The van der Waals surface area contributed by atoms with Gasteiger partial charge in [-0.15, -0.1) is 0 Å². The maximum atomic E-state index is 16.7. The Hall–Kier alpha value is -5.76. The minimum absolute atomic E-state index is 0.0421. The Balaban J connectivity index is 1.44. The average molecular weight is 813 g/mol. The Bertz CT molecular complexity index is 3070. The van der Waals surface area contributed by atoms with Gasteiger partial charge in [0.2, 0.25) is 0 Å².